The van der Waals surface area contributed by atoms with Crippen LogP contribution in [0.1, 0.15) is 38.5 Å². The molecule has 4 nitrogen and oxygen atoms in total. The van der Waals surface area contributed by atoms with Gasteiger partial charge in [-0.1, -0.05) is 0 Å². The molecule has 2 heterocycles. The first-order valence-electron chi connectivity index (χ1n) is 6.53. The van der Waals surface area contributed by atoms with Gasteiger partial charge in [0.2, 0.25) is 5.91 Å². The molecule has 2 unspecified atom stereocenters. The summed E-state index contributed by atoms with van der Waals surface area (Å²) >= 11 is 0. The molecule has 3 N–H and O–H groups in total. The number of amides is 1. The van der Waals surface area contributed by atoms with Crippen LogP contribution in [0.4, 0.5) is 0 Å². The van der Waals surface area contributed by atoms with Crippen LogP contribution in [0, 0.1) is 0 Å². The molecule has 1 aliphatic carbocycles. The summed E-state index contributed by atoms with van der Waals surface area (Å²) in [7, 11) is 0. The molecular weight excluding hydrogens is 202 g/mol. The van der Waals surface area contributed by atoms with Gasteiger partial charge < -0.3 is 11.1 Å². The van der Waals surface area contributed by atoms with E-state index in [-0.39, 0.29) is 5.91 Å². The van der Waals surface area contributed by atoms with Gasteiger partial charge in [-0.25, -0.2) is 0 Å². The number of nitrogens with zero attached hydrogens (tertiary/aromatic N) is 1. The van der Waals surface area contributed by atoms with Crippen LogP contribution >= 0.6 is 0 Å². The maximum atomic E-state index is 12.0. The lowest BCUT2D eigenvalue weighted by molar-refractivity contribution is -0.130. The monoisotopic (exact) mass is 223 g/mol. The number of nitrogens with two attached hydrogens (primary N) is 1. The summed E-state index contributed by atoms with van der Waals surface area (Å²) in [6, 6.07) is 0.948. The molecule has 16 heavy (non-hydrogen) atoms. The number of hydrogen-bond donors (Lipinski definition) is 2. The maximum Gasteiger partial charge on any atom is 0.240 e. The summed E-state index contributed by atoms with van der Waals surface area (Å²) in [6.07, 6.45) is 6.45. The van der Waals surface area contributed by atoms with Gasteiger partial charge in [-0.2, -0.15) is 0 Å². The minimum absolute atomic E-state index is 0.0949. The van der Waals surface area contributed by atoms with Crippen molar-refractivity contribution in [3.05, 3.63) is 0 Å². The van der Waals surface area contributed by atoms with Crippen LogP contribution in [-0.4, -0.2) is 41.5 Å². The Balaban J connectivity index is 1.60. The van der Waals surface area contributed by atoms with Gasteiger partial charge in [0.15, 0.2) is 0 Å². The number of carbonyl (C=O) groups is 1. The second-order valence-corrected chi connectivity index (χ2v) is 5.62. The Morgan fingerprint density at radius 3 is 2.75 bits per heavy atom. The van der Waals surface area contributed by atoms with Gasteiger partial charge in [-0.3, -0.25) is 9.69 Å². The van der Waals surface area contributed by atoms with Crippen molar-refractivity contribution in [3.63, 3.8) is 0 Å². The van der Waals surface area contributed by atoms with Crippen molar-refractivity contribution in [2.75, 3.05) is 13.1 Å². The number of hydrogen-bond acceptors (Lipinski definition) is 3. The number of nitrogens with one attached hydrogen (secondary N) is 1. The zero-order chi connectivity index (χ0) is 11.2. The van der Waals surface area contributed by atoms with Crippen LogP contribution in [0.2, 0.25) is 0 Å². The molecule has 3 aliphatic rings. The van der Waals surface area contributed by atoms with Gasteiger partial charge in [0.1, 0.15) is 0 Å². The average molecular weight is 223 g/mol. The maximum absolute atomic E-state index is 12.0. The third kappa shape index (κ3) is 1.55. The molecule has 1 saturated carbocycles. The van der Waals surface area contributed by atoms with Crippen LogP contribution in [0.5, 0.6) is 0 Å². The third-order valence-corrected chi connectivity index (χ3v) is 4.62. The molecule has 2 atom stereocenters. The van der Waals surface area contributed by atoms with Crippen molar-refractivity contribution in [1.29, 1.82) is 0 Å². The molecule has 0 aromatic rings. The molecule has 3 rings (SSSR count). The van der Waals surface area contributed by atoms with Gasteiger partial charge in [0.05, 0.1) is 5.54 Å². The average Bonchev–Trinajstić information content (AvgIpc) is 2.79. The van der Waals surface area contributed by atoms with E-state index in [0.717, 1.165) is 32.2 Å². The summed E-state index contributed by atoms with van der Waals surface area (Å²) in [5.74, 6) is 0.0949. The molecule has 90 valence electrons. The second kappa shape index (κ2) is 3.70. The van der Waals surface area contributed by atoms with Crippen LogP contribution in [0.15, 0.2) is 0 Å². The molecule has 4 heteroatoms. The lowest BCUT2D eigenvalue weighted by atomic mass is 9.77. The Hall–Kier alpha value is -0.610. The van der Waals surface area contributed by atoms with Crippen molar-refractivity contribution >= 4 is 5.91 Å². The molecule has 2 saturated heterocycles. The quantitative estimate of drug-likeness (QED) is 0.704. The zero-order valence-corrected chi connectivity index (χ0v) is 9.74. The highest BCUT2D eigenvalue weighted by atomic mass is 16.2. The molecule has 0 aromatic carbocycles. The largest absolute Gasteiger partial charge is 0.350 e. The van der Waals surface area contributed by atoms with E-state index in [0.29, 0.717) is 12.1 Å². The minimum Gasteiger partial charge on any atom is -0.350 e. The summed E-state index contributed by atoms with van der Waals surface area (Å²) in [5.41, 5.74) is 5.50. The molecule has 2 aliphatic heterocycles. The van der Waals surface area contributed by atoms with Crippen molar-refractivity contribution in [3.8, 4) is 0 Å². The molecule has 0 spiro atoms. The van der Waals surface area contributed by atoms with Gasteiger partial charge in [-0.05, 0) is 45.1 Å². The standard InChI is InChI=1S/C12H21N3O/c13-12(5-2-6-12)11(16)14-9-4-8-15-7-1-3-10(9)15/h9-10H,1-8,13H2,(H,14,16). The van der Waals surface area contributed by atoms with E-state index in [1.165, 1.54) is 19.4 Å². The Morgan fingerprint density at radius 2 is 2.06 bits per heavy atom. The Morgan fingerprint density at radius 1 is 1.25 bits per heavy atom. The SMILES string of the molecule is NC1(C(=O)NC2CCN3CCCC23)CCC1. The van der Waals surface area contributed by atoms with Crippen LogP contribution in [0.25, 0.3) is 0 Å². The number of carbonyl (C=O) groups excluding carboxylic acids is 1. The lowest BCUT2D eigenvalue weighted by Gasteiger charge is -2.37. The Bertz CT molecular complexity index is 301. The van der Waals surface area contributed by atoms with E-state index in [1.807, 2.05) is 0 Å². The van der Waals surface area contributed by atoms with E-state index in [2.05, 4.69) is 10.2 Å². The van der Waals surface area contributed by atoms with Crippen molar-refractivity contribution in [2.24, 2.45) is 5.73 Å². The van der Waals surface area contributed by atoms with E-state index in [1.54, 1.807) is 0 Å². The van der Waals surface area contributed by atoms with Gasteiger partial charge in [0.25, 0.3) is 0 Å². The third-order valence-electron chi connectivity index (χ3n) is 4.62. The number of fused-ring (bicyclic) bond motifs is 1. The second-order valence-electron chi connectivity index (χ2n) is 5.62. The van der Waals surface area contributed by atoms with Crippen LogP contribution < -0.4 is 11.1 Å². The van der Waals surface area contributed by atoms with E-state index in [9.17, 15) is 4.79 Å². The van der Waals surface area contributed by atoms with Gasteiger partial charge in [-0.15, -0.1) is 0 Å². The van der Waals surface area contributed by atoms with E-state index in [4.69, 9.17) is 5.73 Å². The molecule has 3 fully saturated rings. The minimum atomic E-state index is -0.536. The molecule has 0 aromatic heterocycles. The first kappa shape index (κ1) is 10.5. The first-order valence-corrected chi connectivity index (χ1v) is 6.53. The molecule has 0 bridgehead atoms. The Kier molecular flexibility index (Phi) is 2.44. The summed E-state index contributed by atoms with van der Waals surface area (Å²) in [6.45, 7) is 2.36. The summed E-state index contributed by atoms with van der Waals surface area (Å²) in [5, 5.41) is 3.19. The van der Waals surface area contributed by atoms with Gasteiger partial charge >= 0.3 is 0 Å². The zero-order valence-electron chi connectivity index (χ0n) is 9.74. The predicted molar refractivity (Wildman–Crippen MR) is 61.9 cm³/mol. The number of rotatable bonds is 2. The van der Waals surface area contributed by atoms with E-state index < -0.39 is 5.54 Å². The highest BCUT2D eigenvalue weighted by Gasteiger charge is 2.44. The Labute approximate surface area is 96.5 Å². The van der Waals surface area contributed by atoms with Crippen molar-refractivity contribution in [2.45, 2.75) is 56.1 Å². The highest BCUT2D eigenvalue weighted by Crippen LogP contribution is 2.31. The topological polar surface area (TPSA) is 58.4 Å². The van der Waals surface area contributed by atoms with Crippen LogP contribution in [0.3, 0.4) is 0 Å². The normalized spacial score (nSPS) is 36.8. The fraction of sp³-hybridized carbons (Fsp3) is 0.917. The lowest BCUT2D eigenvalue weighted by Crippen LogP contribution is -2.61. The highest BCUT2D eigenvalue weighted by molar-refractivity contribution is 5.87. The van der Waals surface area contributed by atoms with Crippen LogP contribution in [-0.2, 0) is 4.79 Å². The van der Waals surface area contributed by atoms with E-state index >= 15 is 0 Å². The molecule has 1 amide bonds. The fourth-order valence-electron chi connectivity index (χ4n) is 3.35. The van der Waals surface area contributed by atoms with Gasteiger partial charge in [0, 0.05) is 18.6 Å². The predicted octanol–water partition coefficient (Wildman–Crippen LogP) is 0.221. The fourth-order valence-corrected chi connectivity index (χ4v) is 3.35. The summed E-state index contributed by atoms with van der Waals surface area (Å²) < 4.78 is 0. The summed E-state index contributed by atoms with van der Waals surface area (Å²) in [4.78, 5) is 14.5. The van der Waals surface area contributed by atoms with Crippen molar-refractivity contribution in [1.82, 2.24) is 10.2 Å². The van der Waals surface area contributed by atoms with Crippen molar-refractivity contribution < 1.29 is 4.79 Å². The smallest absolute Gasteiger partial charge is 0.240 e. The first-order chi connectivity index (χ1) is 7.69. The molecule has 0 radical (unpaired) electrons. The molecular formula is C12H21N3O.